The van der Waals surface area contributed by atoms with Crippen LogP contribution in [0, 0.1) is 0 Å². The number of esters is 1. The van der Waals surface area contributed by atoms with Gasteiger partial charge in [0.25, 0.3) is 0 Å². The highest BCUT2D eigenvalue weighted by molar-refractivity contribution is 5.86. The summed E-state index contributed by atoms with van der Waals surface area (Å²) in [6.07, 6.45) is 7.96. The fourth-order valence-electron chi connectivity index (χ4n) is 1.34. The predicted molar refractivity (Wildman–Crippen MR) is 70.5 cm³/mol. The third-order valence-corrected chi connectivity index (χ3v) is 2.26. The molecule has 1 aromatic carbocycles. The first-order valence-electron chi connectivity index (χ1n) is 5.83. The number of benzene rings is 1. The van der Waals surface area contributed by atoms with Crippen LogP contribution in [0.15, 0.2) is 49.1 Å². The maximum absolute atomic E-state index is 11.3. The van der Waals surface area contributed by atoms with Crippen molar-refractivity contribution in [2.24, 2.45) is 0 Å². The van der Waals surface area contributed by atoms with E-state index >= 15 is 0 Å². The van der Waals surface area contributed by atoms with Crippen LogP contribution >= 0.6 is 0 Å². The lowest BCUT2D eigenvalue weighted by Gasteiger charge is -2.00. The molecule has 0 amide bonds. The van der Waals surface area contributed by atoms with Gasteiger partial charge < -0.3 is 4.74 Å². The molecule has 1 rings (SSSR count). The molecule has 0 spiro atoms. The van der Waals surface area contributed by atoms with Crippen LogP contribution in [0.5, 0.6) is 0 Å². The van der Waals surface area contributed by atoms with E-state index in [0.29, 0.717) is 6.61 Å². The molecule has 0 radical (unpaired) electrons. The summed E-state index contributed by atoms with van der Waals surface area (Å²) in [4.78, 5) is 11.3. The van der Waals surface area contributed by atoms with E-state index in [2.05, 4.69) is 6.58 Å². The van der Waals surface area contributed by atoms with Gasteiger partial charge in [-0.15, -0.1) is 6.58 Å². The smallest absolute Gasteiger partial charge is 0.330 e. The first-order valence-corrected chi connectivity index (χ1v) is 5.83. The first kappa shape index (κ1) is 13.2. The molecule has 0 aliphatic carbocycles. The maximum Gasteiger partial charge on any atom is 0.330 e. The van der Waals surface area contributed by atoms with Gasteiger partial charge in [0.15, 0.2) is 0 Å². The monoisotopic (exact) mass is 230 g/mol. The molecule has 0 unspecified atom stereocenters. The largest absolute Gasteiger partial charge is 0.463 e. The Bertz CT molecular complexity index is 366. The van der Waals surface area contributed by atoms with E-state index < -0.39 is 0 Å². The van der Waals surface area contributed by atoms with Crippen molar-refractivity contribution in [2.75, 3.05) is 6.61 Å². The Labute approximate surface area is 103 Å². The van der Waals surface area contributed by atoms with E-state index in [1.165, 1.54) is 6.08 Å². The van der Waals surface area contributed by atoms with Crippen LogP contribution in [0.1, 0.15) is 24.8 Å². The van der Waals surface area contributed by atoms with Crippen molar-refractivity contribution in [2.45, 2.75) is 19.3 Å². The Balaban J connectivity index is 2.21. The van der Waals surface area contributed by atoms with Gasteiger partial charge in [-0.05, 0) is 30.9 Å². The summed E-state index contributed by atoms with van der Waals surface area (Å²) >= 11 is 0. The van der Waals surface area contributed by atoms with Crippen molar-refractivity contribution < 1.29 is 9.53 Å². The lowest BCUT2D eigenvalue weighted by Crippen LogP contribution is -2.01. The summed E-state index contributed by atoms with van der Waals surface area (Å²) in [7, 11) is 0. The average molecular weight is 230 g/mol. The molecule has 0 heterocycles. The van der Waals surface area contributed by atoms with Gasteiger partial charge in [0.2, 0.25) is 0 Å². The lowest BCUT2D eigenvalue weighted by atomic mass is 10.2. The highest BCUT2D eigenvalue weighted by Crippen LogP contribution is 2.01. The van der Waals surface area contributed by atoms with Crippen molar-refractivity contribution in [1.82, 2.24) is 0 Å². The van der Waals surface area contributed by atoms with Crippen LogP contribution in [0.4, 0.5) is 0 Å². The number of hydrogen-bond donors (Lipinski definition) is 0. The van der Waals surface area contributed by atoms with Crippen LogP contribution in [-0.2, 0) is 9.53 Å². The predicted octanol–water partition coefficient (Wildman–Crippen LogP) is 3.60. The molecule has 90 valence electrons. The lowest BCUT2D eigenvalue weighted by molar-refractivity contribution is -0.137. The molecule has 17 heavy (non-hydrogen) atoms. The van der Waals surface area contributed by atoms with Gasteiger partial charge in [-0.1, -0.05) is 36.4 Å². The fourth-order valence-corrected chi connectivity index (χ4v) is 1.34. The molecule has 0 aliphatic heterocycles. The zero-order valence-electron chi connectivity index (χ0n) is 9.97. The van der Waals surface area contributed by atoms with E-state index in [0.717, 1.165) is 24.8 Å². The normalized spacial score (nSPS) is 10.4. The van der Waals surface area contributed by atoms with Crippen LogP contribution in [0.2, 0.25) is 0 Å². The van der Waals surface area contributed by atoms with Crippen molar-refractivity contribution >= 4 is 12.0 Å². The Hall–Kier alpha value is -1.83. The van der Waals surface area contributed by atoms with Gasteiger partial charge in [0.05, 0.1) is 6.61 Å². The van der Waals surface area contributed by atoms with Crippen LogP contribution in [-0.4, -0.2) is 12.6 Å². The van der Waals surface area contributed by atoms with E-state index in [9.17, 15) is 4.79 Å². The first-order chi connectivity index (χ1) is 8.33. The van der Waals surface area contributed by atoms with Gasteiger partial charge >= 0.3 is 5.97 Å². The number of hydrogen-bond acceptors (Lipinski definition) is 2. The average Bonchev–Trinajstić information content (AvgIpc) is 2.37. The number of rotatable bonds is 7. The number of allylic oxidation sites excluding steroid dienone is 1. The quantitative estimate of drug-likeness (QED) is 0.309. The SMILES string of the molecule is C=CCCCCOC(=O)/C=C/c1ccccc1. The summed E-state index contributed by atoms with van der Waals surface area (Å²) in [6.45, 7) is 4.12. The van der Waals surface area contributed by atoms with Gasteiger partial charge in [0, 0.05) is 6.08 Å². The molecule has 2 heteroatoms. The summed E-state index contributed by atoms with van der Waals surface area (Å²) in [6, 6.07) is 9.68. The third-order valence-electron chi connectivity index (χ3n) is 2.26. The molecular formula is C15H18O2. The maximum atomic E-state index is 11.3. The molecule has 0 N–H and O–H groups in total. The Kier molecular flexibility index (Phi) is 6.49. The van der Waals surface area contributed by atoms with Gasteiger partial charge in [-0.25, -0.2) is 4.79 Å². The highest BCUT2D eigenvalue weighted by Gasteiger charge is 1.96. The highest BCUT2D eigenvalue weighted by atomic mass is 16.5. The number of carbonyl (C=O) groups is 1. The van der Waals surface area contributed by atoms with Crippen molar-refractivity contribution in [1.29, 1.82) is 0 Å². The molecule has 0 aromatic heterocycles. The molecule has 0 atom stereocenters. The van der Waals surface area contributed by atoms with E-state index in [1.54, 1.807) is 6.08 Å². The molecule has 2 nitrogen and oxygen atoms in total. The third kappa shape index (κ3) is 6.36. The van der Waals surface area contributed by atoms with Crippen LogP contribution in [0.25, 0.3) is 6.08 Å². The molecule has 0 aliphatic rings. The Morgan fingerprint density at radius 2 is 2.00 bits per heavy atom. The number of unbranched alkanes of at least 4 members (excludes halogenated alkanes) is 2. The van der Waals surface area contributed by atoms with Crippen LogP contribution in [0.3, 0.4) is 0 Å². The van der Waals surface area contributed by atoms with Gasteiger partial charge in [0.1, 0.15) is 0 Å². The van der Waals surface area contributed by atoms with Crippen molar-refractivity contribution in [3.05, 3.63) is 54.6 Å². The second-order valence-corrected chi connectivity index (χ2v) is 3.70. The van der Waals surface area contributed by atoms with Crippen molar-refractivity contribution in [3.8, 4) is 0 Å². The fraction of sp³-hybridized carbons (Fsp3) is 0.267. The standard InChI is InChI=1S/C15H18O2/c1-2-3-4-8-13-17-15(16)12-11-14-9-6-5-7-10-14/h2,5-7,9-12H,1,3-4,8,13H2/b12-11+. The zero-order valence-corrected chi connectivity index (χ0v) is 9.97. The summed E-state index contributed by atoms with van der Waals surface area (Å²) in [5, 5.41) is 0. The second kappa shape index (κ2) is 8.34. The molecule has 0 bridgehead atoms. The zero-order chi connectivity index (χ0) is 12.3. The summed E-state index contributed by atoms with van der Waals surface area (Å²) < 4.78 is 5.05. The van der Waals surface area contributed by atoms with Gasteiger partial charge in [-0.2, -0.15) is 0 Å². The van der Waals surface area contributed by atoms with Crippen LogP contribution < -0.4 is 0 Å². The molecular weight excluding hydrogens is 212 g/mol. The van der Waals surface area contributed by atoms with E-state index in [4.69, 9.17) is 4.74 Å². The molecule has 0 saturated heterocycles. The van der Waals surface area contributed by atoms with Gasteiger partial charge in [-0.3, -0.25) is 0 Å². The summed E-state index contributed by atoms with van der Waals surface area (Å²) in [5.74, 6) is -0.285. The number of ether oxygens (including phenoxy) is 1. The minimum absolute atomic E-state index is 0.285. The summed E-state index contributed by atoms with van der Waals surface area (Å²) in [5.41, 5.74) is 0.996. The minimum Gasteiger partial charge on any atom is -0.463 e. The Morgan fingerprint density at radius 1 is 1.24 bits per heavy atom. The minimum atomic E-state index is -0.285. The topological polar surface area (TPSA) is 26.3 Å². The second-order valence-electron chi connectivity index (χ2n) is 3.70. The molecule has 0 saturated carbocycles. The molecule has 0 fully saturated rings. The van der Waals surface area contributed by atoms with Crippen molar-refractivity contribution in [3.63, 3.8) is 0 Å². The molecule has 1 aromatic rings. The number of carbonyl (C=O) groups excluding carboxylic acids is 1. The van der Waals surface area contributed by atoms with E-state index in [1.807, 2.05) is 36.4 Å². The van der Waals surface area contributed by atoms with E-state index in [-0.39, 0.29) is 5.97 Å². The Morgan fingerprint density at radius 3 is 2.71 bits per heavy atom.